The molecule has 26 nitrogen and oxygen atoms in total. The maximum absolute atomic E-state index is 14.0. The maximum Gasteiger partial charge on any atom is 0.398 e. The van der Waals surface area contributed by atoms with Gasteiger partial charge in [0.2, 0.25) is 5.91 Å². The monoisotopic (exact) mass is 1070 g/mol. The van der Waals surface area contributed by atoms with Crippen molar-refractivity contribution in [3.63, 3.8) is 0 Å². The molecule has 2 heterocycles. The van der Waals surface area contributed by atoms with E-state index in [0.717, 1.165) is 39.2 Å². The van der Waals surface area contributed by atoms with Crippen LogP contribution in [0, 0.1) is 17.8 Å². The van der Waals surface area contributed by atoms with E-state index in [1.54, 1.807) is 0 Å². The smallest absolute Gasteiger partial charge is 0.398 e. The summed E-state index contributed by atoms with van der Waals surface area (Å²) in [7, 11) is -9.48. The van der Waals surface area contributed by atoms with Gasteiger partial charge in [-0.3, -0.25) is 23.5 Å². The van der Waals surface area contributed by atoms with E-state index in [1.165, 1.54) is 13.8 Å². The lowest BCUT2D eigenvalue weighted by Gasteiger charge is -2.49. The summed E-state index contributed by atoms with van der Waals surface area (Å²) in [6, 6.07) is -1.38. The summed E-state index contributed by atoms with van der Waals surface area (Å²) in [5, 5.41) is 66.8. The third-order valence-corrected chi connectivity index (χ3v) is 14.2. The minimum absolute atomic E-state index is 0.000558. The van der Waals surface area contributed by atoms with Crippen molar-refractivity contribution in [2.24, 2.45) is 17.8 Å². The summed E-state index contributed by atoms with van der Waals surface area (Å²) in [5.41, 5.74) is 0. The number of carbonyl (C=O) groups excluding carboxylic acids is 3. The van der Waals surface area contributed by atoms with Gasteiger partial charge in [-0.25, -0.2) is 13.2 Å². The van der Waals surface area contributed by atoms with Gasteiger partial charge in [-0.05, 0) is 50.9 Å². The molecule has 2 aliphatic heterocycles. The second kappa shape index (κ2) is 28.4. The summed E-state index contributed by atoms with van der Waals surface area (Å²) in [6.45, 7) is 2.83. The molecule has 2 saturated heterocycles. The number of nitrogens with one attached hydrogen (secondary N) is 1. The van der Waals surface area contributed by atoms with Gasteiger partial charge in [0.25, 0.3) is 0 Å². The Bertz CT molecular complexity index is 1920. The largest absolute Gasteiger partial charge is 0.479 e. The minimum Gasteiger partial charge on any atom is -0.479 e. The van der Waals surface area contributed by atoms with Crippen LogP contribution in [-0.4, -0.2) is 205 Å². The van der Waals surface area contributed by atoms with Gasteiger partial charge in [-0.2, -0.15) is 16.8 Å². The minimum atomic E-state index is -5.31. The number of methoxy groups -OCH3 is 1. The van der Waals surface area contributed by atoms with Crippen molar-refractivity contribution < 1.29 is 117 Å². The molecule has 0 aromatic carbocycles. The van der Waals surface area contributed by atoms with Crippen molar-refractivity contribution in [3.8, 4) is 0 Å². The topological polar surface area (TPSA) is 394 Å². The molecule has 0 aromatic rings. The molecule has 4 fully saturated rings. The van der Waals surface area contributed by atoms with Crippen LogP contribution < -0.4 is 5.32 Å². The molecule has 0 spiro atoms. The van der Waals surface area contributed by atoms with Crippen LogP contribution in [0.3, 0.4) is 0 Å². The third-order valence-electron chi connectivity index (χ3n) is 13.3. The van der Waals surface area contributed by atoms with Crippen LogP contribution >= 0.6 is 0 Å². The number of aliphatic carboxylic acids is 1. The first kappa shape index (κ1) is 61.1. The van der Waals surface area contributed by atoms with Crippen LogP contribution in [-0.2, 0) is 81.5 Å². The molecule has 4 aliphatic rings. The van der Waals surface area contributed by atoms with Crippen molar-refractivity contribution in [2.75, 3.05) is 33.5 Å². The number of carbonyl (C=O) groups is 4. The molecule has 2 aliphatic carbocycles. The lowest BCUT2D eigenvalue weighted by molar-refractivity contribution is -0.338. The molecule has 71 heavy (non-hydrogen) atoms. The van der Waals surface area contributed by atoms with Crippen molar-refractivity contribution in [1.29, 1.82) is 0 Å². The van der Waals surface area contributed by atoms with E-state index < -0.39 is 162 Å². The first-order valence-corrected chi connectivity index (χ1v) is 26.6. The fourth-order valence-corrected chi connectivity index (χ4v) is 10.7. The Labute approximate surface area is 413 Å². The second-order valence-corrected chi connectivity index (χ2v) is 20.7. The molecule has 0 radical (unpaired) electrons. The van der Waals surface area contributed by atoms with Gasteiger partial charge in [0, 0.05) is 46.0 Å². The van der Waals surface area contributed by atoms with E-state index >= 15 is 0 Å². The van der Waals surface area contributed by atoms with Gasteiger partial charge < -0.3 is 69.1 Å². The maximum atomic E-state index is 14.0. The number of hydrogen-bond acceptors (Lipinski definition) is 22. The number of aliphatic hydroxyl groups excluding tert-OH is 5. The van der Waals surface area contributed by atoms with Crippen LogP contribution in [0.1, 0.15) is 104 Å². The molecule has 412 valence electrons. The number of ether oxygens (including phenoxy) is 7. The summed E-state index contributed by atoms with van der Waals surface area (Å²) in [6.07, 6.45) is -16.5. The first-order chi connectivity index (χ1) is 33.4. The molecule has 0 aromatic heterocycles. The van der Waals surface area contributed by atoms with Gasteiger partial charge in [-0.1, -0.05) is 45.4 Å². The number of ketones is 2. The molecule has 9 N–H and O–H groups in total. The lowest BCUT2D eigenvalue weighted by Crippen LogP contribution is -2.67. The Balaban J connectivity index is 1.51. The summed E-state index contributed by atoms with van der Waals surface area (Å²) < 4.78 is 114. The standard InChI is InChI=1S/C43H73NO25S2/c1-5-25-18-26(27(47)13-9-15-62-16-10-14-28(48)39(69-71(58,59)60)32(21-61-4)68-70(55,56)57)19-29(38(25)67-43-37(52)36(51)34(49)22(2)63-43)65-42-33(44-23(3)46)40(35(50)31(20-45)66-42)64-30(41(53)54)17-24-11-7-6-8-12-24/h22,24-26,29-40,42-43,45,49-52H,5-21H2,1-4H3,(H,44,46)(H,53,54)(H,55,56,57)(H,58,59,60)/t22?,25?,26?,29-,30+,31+,32-,33?,34-,35+,36+,37?,38-,39-,40?,42-,43+/m1/s1. The van der Waals surface area contributed by atoms with E-state index in [9.17, 15) is 71.2 Å². The summed E-state index contributed by atoms with van der Waals surface area (Å²) in [4.78, 5) is 52.3. The number of aliphatic hydroxyl groups is 5. The Hall–Kier alpha value is -2.46. The van der Waals surface area contributed by atoms with E-state index in [-0.39, 0.29) is 63.4 Å². The number of amides is 1. The zero-order valence-corrected chi connectivity index (χ0v) is 41.9. The van der Waals surface area contributed by atoms with Crippen LogP contribution in [0.25, 0.3) is 0 Å². The zero-order valence-electron chi connectivity index (χ0n) is 40.2. The fourth-order valence-electron chi connectivity index (χ4n) is 9.71. The molecule has 6 unspecified atom stereocenters. The van der Waals surface area contributed by atoms with Crippen molar-refractivity contribution >= 4 is 44.2 Å². The SMILES string of the molecule is CCC1CC(C(=O)CCCOCCCC(=O)[C@@H](OS(=O)(=O)O)[C@@H](COC)OS(=O)(=O)O)C[C@@H](O[C@@H]2O[C@@H](CO)[C@H](O)C(O[C@@H](CC3CCCCC3)C(=O)O)C2NC(C)=O)[C@@H]1O[C@@H]1OC(C)[C@@H](O)[C@H](O)C1O. The van der Waals surface area contributed by atoms with Crippen molar-refractivity contribution in [1.82, 2.24) is 5.32 Å². The van der Waals surface area contributed by atoms with E-state index in [2.05, 4.69) is 13.7 Å². The van der Waals surface area contributed by atoms with Crippen molar-refractivity contribution in [3.05, 3.63) is 0 Å². The van der Waals surface area contributed by atoms with Gasteiger partial charge in [-0.15, -0.1) is 0 Å². The number of rotatable bonds is 29. The Morgan fingerprint density at radius 2 is 1.45 bits per heavy atom. The van der Waals surface area contributed by atoms with Crippen LogP contribution in [0.15, 0.2) is 0 Å². The number of Topliss-reactive ketones (excluding diaryl/α,β-unsaturated/α-hetero) is 2. The summed E-state index contributed by atoms with van der Waals surface area (Å²) >= 11 is 0. The zero-order chi connectivity index (χ0) is 52.8. The average Bonchev–Trinajstić information content (AvgIpc) is 3.29. The molecule has 17 atom stereocenters. The quantitative estimate of drug-likeness (QED) is 0.0325. The molecule has 4 rings (SSSR count). The van der Waals surface area contributed by atoms with E-state index in [4.69, 9.17) is 37.7 Å². The molecule has 0 bridgehead atoms. The molecular formula is C43H73NO25S2. The molecule has 1 amide bonds. The van der Waals surface area contributed by atoms with Gasteiger partial charge in [0.1, 0.15) is 54.6 Å². The van der Waals surface area contributed by atoms with Gasteiger partial charge in [0.15, 0.2) is 30.6 Å². The van der Waals surface area contributed by atoms with Crippen LogP contribution in [0.5, 0.6) is 0 Å². The number of hydrogen-bond donors (Lipinski definition) is 9. The third kappa shape index (κ3) is 18.7. The van der Waals surface area contributed by atoms with Crippen LogP contribution in [0.4, 0.5) is 0 Å². The van der Waals surface area contributed by atoms with Gasteiger partial charge in [0.05, 0.1) is 31.5 Å². The lowest BCUT2D eigenvalue weighted by atomic mass is 9.74. The predicted molar refractivity (Wildman–Crippen MR) is 239 cm³/mol. The average molecular weight is 1070 g/mol. The highest BCUT2D eigenvalue weighted by atomic mass is 32.3. The highest BCUT2D eigenvalue weighted by molar-refractivity contribution is 7.81. The van der Waals surface area contributed by atoms with Gasteiger partial charge >= 0.3 is 26.8 Å². The van der Waals surface area contributed by atoms with Crippen molar-refractivity contribution in [2.45, 2.75) is 196 Å². The summed E-state index contributed by atoms with van der Waals surface area (Å²) in [5.74, 6) is -4.39. The molecule has 28 heteroatoms. The van der Waals surface area contributed by atoms with E-state index in [1.807, 2.05) is 6.92 Å². The Morgan fingerprint density at radius 3 is 2.03 bits per heavy atom. The normalized spacial score (nSPS) is 33.5. The second-order valence-electron chi connectivity index (χ2n) is 18.6. The Kier molecular flexibility index (Phi) is 24.5. The fraction of sp³-hybridized carbons (Fsp3) is 0.907. The first-order valence-electron chi connectivity index (χ1n) is 23.9. The molecular weight excluding hydrogens is 995 g/mol. The highest BCUT2D eigenvalue weighted by Crippen LogP contribution is 2.40. The predicted octanol–water partition coefficient (Wildman–Crippen LogP) is -0.850. The van der Waals surface area contributed by atoms with E-state index in [0.29, 0.717) is 6.42 Å². The number of carboxylic acid groups (broad SMARTS) is 1. The highest BCUT2D eigenvalue weighted by Gasteiger charge is 2.53. The Morgan fingerprint density at radius 1 is 0.803 bits per heavy atom. The number of carboxylic acids is 1. The van der Waals surface area contributed by atoms with Crippen LogP contribution in [0.2, 0.25) is 0 Å². The molecule has 2 saturated carbocycles.